The molecule has 4 heteroatoms. The van der Waals surface area contributed by atoms with E-state index in [9.17, 15) is 0 Å². The van der Waals surface area contributed by atoms with Crippen LogP contribution in [0.25, 0.3) is 10.2 Å². The summed E-state index contributed by atoms with van der Waals surface area (Å²) in [4.78, 5) is 4.70. The molecular weight excluding hydrogens is 344 g/mol. The van der Waals surface area contributed by atoms with E-state index in [4.69, 9.17) is 4.98 Å². The highest BCUT2D eigenvalue weighted by Crippen LogP contribution is 2.32. The van der Waals surface area contributed by atoms with Crippen LogP contribution in [0.5, 0.6) is 0 Å². The van der Waals surface area contributed by atoms with Crippen molar-refractivity contribution in [1.29, 1.82) is 0 Å². The molecule has 0 unspecified atom stereocenters. The second-order valence-corrected chi connectivity index (χ2v) is 6.86. The molecule has 3 aromatic rings. The normalized spacial score (nSPS) is 11.0. The van der Waals surface area contributed by atoms with Crippen molar-refractivity contribution in [3.63, 3.8) is 0 Å². The fourth-order valence-electron chi connectivity index (χ4n) is 2.46. The van der Waals surface area contributed by atoms with Crippen molar-refractivity contribution in [2.75, 3.05) is 5.32 Å². The summed E-state index contributed by atoms with van der Waals surface area (Å²) >= 11 is 5.19. The van der Waals surface area contributed by atoms with Gasteiger partial charge in [0.2, 0.25) is 0 Å². The third kappa shape index (κ3) is 2.97. The molecule has 0 atom stereocenters. The number of nitrogens with zero attached hydrogens (tertiary/aromatic N) is 1. The number of fused-ring (bicyclic) bond motifs is 1. The SMILES string of the molecule is CCc1cccc(CC)c1Nc1nc2cc(Br)ccc2s1. The van der Waals surface area contributed by atoms with Gasteiger partial charge in [-0.3, -0.25) is 0 Å². The van der Waals surface area contributed by atoms with Gasteiger partial charge in [-0.2, -0.15) is 0 Å². The Bertz CT molecular complexity index is 757. The first-order chi connectivity index (χ1) is 10.2. The highest BCUT2D eigenvalue weighted by Gasteiger charge is 2.10. The van der Waals surface area contributed by atoms with Gasteiger partial charge in [0.05, 0.1) is 10.2 Å². The lowest BCUT2D eigenvalue weighted by atomic mass is 10.0. The van der Waals surface area contributed by atoms with Gasteiger partial charge in [0.15, 0.2) is 5.13 Å². The molecule has 3 rings (SSSR count). The quantitative estimate of drug-likeness (QED) is 0.623. The average Bonchev–Trinajstić information content (AvgIpc) is 2.88. The maximum absolute atomic E-state index is 4.70. The molecular formula is C17H17BrN2S. The van der Waals surface area contributed by atoms with Crippen LogP contribution in [0, 0.1) is 0 Å². The van der Waals surface area contributed by atoms with Gasteiger partial charge in [0.25, 0.3) is 0 Å². The zero-order chi connectivity index (χ0) is 14.8. The van der Waals surface area contributed by atoms with E-state index in [0.717, 1.165) is 28.0 Å². The molecule has 0 spiro atoms. The number of para-hydroxylation sites is 1. The lowest BCUT2D eigenvalue weighted by Gasteiger charge is -2.13. The van der Waals surface area contributed by atoms with E-state index >= 15 is 0 Å². The van der Waals surface area contributed by atoms with Gasteiger partial charge in [0.1, 0.15) is 0 Å². The first-order valence-corrected chi connectivity index (χ1v) is 8.76. The molecule has 2 nitrogen and oxygen atoms in total. The molecule has 2 aromatic carbocycles. The fourth-order valence-corrected chi connectivity index (χ4v) is 3.66. The molecule has 108 valence electrons. The molecule has 0 aliphatic carbocycles. The molecule has 0 aliphatic heterocycles. The van der Waals surface area contributed by atoms with Gasteiger partial charge in [0, 0.05) is 10.2 Å². The zero-order valence-corrected chi connectivity index (χ0v) is 14.5. The Balaban J connectivity index is 2.02. The number of aryl methyl sites for hydroxylation is 2. The number of nitrogens with one attached hydrogen (secondary N) is 1. The van der Waals surface area contributed by atoms with E-state index in [0.29, 0.717) is 0 Å². The minimum atomic E-state index is 0.957. The first-order valence-electron chi connectivity index (χ1n) is 7.15. The van der Waals surface area contributed by atoms with Crippen molar-refractivity contribution in [2.24, 2.45) is 0 Å². The van der Waals surface area contributed by atoms with Gasteiger partial charge in [-0.1, -0.05) is 59.3 Å². The number of aromatic nitrogens is 1. The summed E-state index contributed by atoms with van der Waals surface area (Å²) in [5.41, 5.74) is 4.94. The summed E-state index contributed by atoms with van der Waals surface area (Å²) in [5, 5.41) is 4.50. The number of rotatable bonds is 4. The Labute approximate surface area is 137 Å². The van der Waals surface area contributed by atoms with E-state index in [1.165, 1.54) is 21.5 Å². The molecule has 0 amide bonds. The Hall–Kier alpha value is -1.39. The molecule has 1 aromatic heterocycles. The summed E-state index contributed by atoms with van der Waals surface area (Å²) in [6, 6.07) is 12.7. The molecule has 0 radical (unpaired) electrons. The molecule has 0 fully saturated rings. The van der Waals surface area contributed by atoms with Gasteiger partial charge in [-0.15, -0.1) is 0 Å². The van der Waals surface area contributed by atoms with E-state index in [-0.39, 0.29) is 0 Å². The second kappa shape index (κ2) is 6.16. The van der Waals surface area contributed by atoms with Crippen LogP contribution >= 0.6 is 27.3 Å². The predicted octanol–water partition coefficient (Wildman–Crippen LogP) is 5.93. The molecule has 1 heterocycles. The lowest BCUT2D eigenvalue weighted by Crippen LogP contribution is -1.99. The number of thiazole rings is 1. The number of hydrogen-bond acceptors (Lipinski definition) is 3. The summed E-state index contributed by atoms with van der Waals surface area (Å²) < 4.78 is 2.27. The number of hydrogen-bond donors (Lipinski definition) is 1. The second-order valence-electron chi connectivity index (χ2n) is 4.91. The summed E-state index contributed by atoms with van der Waals surface area (Å²) in [7, 11) is 0. The first kappa shape index (κ1) is 14.5. The number of halogens is 1. The van der Waals surface area contributed by atoms with Crippen LogP contribution in [0.2, 0.25) is 0 Å². The Morgan fingerprint density at radius 1 is 1.10 bits per heavy atom. The van der Waals surface area contributed by atoms with Crippen LogP contribution in [-0.2, 0) is 12.8 Å². The molecule has 0 bridgehead atoms. The minimum Gasteiger partial charge on any atom is -0.331 e. The van der Waals surface area contributed by atoms with Crippen LogP contribution in [-0.4, -0.2) is 4.98 Å². The molecule has 1 N–H and O–H groups in total. The van der Waals surface area contributed by atoms with Gasteiger partial charge in [-0.25, -0.2) is 4.98 Å². The average molecular weight is 361 g/mol. The van der Waals surface area contributed by atoms with E-state index in [1.807, 2.05) is 0 Å². The van der Waals surface area contributed by atoms with Crippen molar-refractivity contribution in [3.8, 4) is 0 Å². The Kier molecular flexibility index (Phi) is 4.27. The van der Waals surface area contributed by atoms with E-state index in [2.05, 4.69) is 71.5 Å². The number of benzene rings is 2. The standard InChI is InChI=1S/C17H17BrN2S/c1-3-11-6-5-7-12(4-2)16(11)20-17-19-14-10-13(18)8-9-15(14)21-17/h5-10H,3-4H2,1-2H3,(H,19,20). The van der Waals surface area contributed by atoms with Gasteiger partial charge >= 0.3 is 0 Å². The molecule has 21 heavy (non-hydrogen) atoms. The van der Waals surface area contributed by atoms with Gasteiger partial charge in [-0.05, 0) is 42.2 Å². The Morgan fingerprint density at radius 2 is 1.81 bits per heavy atom. The minimum absolute atomic E-state index is 0.957. The van der Waals surface area contributed by atoms with E-state index < -0.39 is 0 Å². The monoisotopic (exact) mass is 360 g/mol. The summed E-state index contributed by atoms with van der Waals surface area (Å²) in [6.45, 7) is 4.38. The van der Waals surface area contributed by atoms with Crippen molar-refractivity contribution >= 4 is 48.3 Å². The van der Waals surface area contributed by atoms with Crippen LogP contribution in [0.15, 0.2) is 40.9 Å². The van der Waals surface area contributed by atoms with Crippen molar-refractivity contribution < 1.29 is 0 Å². The van der Waals surface area contributed by atoms with Crippen LogP contribution in [0.1, 0.15) is 25.0 Å². The smallest absolute Gasteiger partial charge is 0.188 e. The predicted molar refractivity (Wildman–Crippen MR) is 95.8 cm³/mol. The fraction of sp³-hybridized carbons (Fsp3) is 0.235. The van der Waals surface area contributed by atoms with Crippen LogP contribution < -0.4 is 5.32 Å². The van der Waals surface area contributed by atoms with Crippen LogP contribution in [0.3, 0.4) is 0 Å². The topological polar surface area (TPSA) is 24.9 Å². The van der Waals surface area contributed by atoms with Crippen molar-refractivity contribution in [3.05, 3.63) is 52.0 Å². The highest BCUT2D eigenvalue weighted by molar-refractivity contribution is 9.10. The highest BCUT2D eigenvalue weighted by atomic mass is 79.9. The Morgan fingerprint density at radius 3 is 2.48 bits per heavy atom. The van der Waals surface area contributed by atoms with Crippen LogP contribution in [0.4, 0.5) is 10.8 Å². The maximum Gasteiger partial charge on any atom is 0.188 e. The molecule has 0 aliphatic rings. The molecule has 0 saturated heterocycles. The summed E-state index contributed by atoms with van der Waals surface area (Å²) in [5.74, 6) is 0. The zero-order valence-electron chi connectivity index (χ0n) is 12.1. The summed E-state index contributed by atoms with van der Waals surface area (Å²) in [6.07, 6.45) is 2.04. The van der Waals surface area contributed by atoms with Crippen molar-refractivity contribution in [2.45, 2.75) is 26.7 Å². The van der Waals surface area contributed by atoms with Crippen molar-refractivity contribution in [1.82, 2.24) is 4.98 Å². The maximum atomic E-state index is 4.70. The lowest BCUT2D eigenvalue weighted by molar-refractivity contribution is 1.09. The largest absolute Gasteiger partial charge is 0.331 e. The number of anilines is 2. The third-order valence-electron chi connectivity index (χ3n) is 3.58. The molecule has 0 saturated carbocycles. The van der Waals surface area contributed by atoms with Gasteiger partial charge < -0.3 is 5.32 Å². The third-order valence-corrected chi connectivity index (χ3v) is 5.03. The van der Waals surface area contributed by atoms with E-state index in [1.54, 1.807) is 11.3 Å².